The second-order valence-corrected chi connectivity index (χ2v) is 7.06. The Bertz CT molecular complexity index is 650. The minimum Gasteiger partial charge on any atom is -0.497 e. The lowest BCUT2D eigenvalue weighted by Gasteiger charge is -2.35. The summed E-state index contributed by atoms with van der Waals surface area (Å²) >= 11 is 1.86. The minimum atomic E-state index is 0.209. The lowest BCUT2D eigenvalue weighted by Crippen LogP contribution is -2.45. The van der Waals surface area contributed by atoms with Gasteiger partial charge < -0.3 is 14.8 Å². The fourth-order valence-corrected chi connectivity index (χ4v) is 4.16. The third-order valence-electron chi connectivity index (χ3n) is 4.28. The molecule has 2 heterocycles. The molecule has 1 aromatic carbocycles. The number of rotatable bonds is 5. The van der Waals surface area contributed by atoms with Gasteiger partial charge >= 0.3 is 0 Å². The highest BCUT2D eigenvalue weighted by molar-refractivity contribution is 7.12. The zero-order chi connectivity index (χ0) is 16.2. The molecule has 0 saturated carbocycles. The molecule has 5 heteroatoms. The number of hydrogen-bond acceptors (Lipinski definition) is 5. The minimum absolute atomic E-state index is 0.209. The lowest BCUT2D eigenvalue weighted by atomic mass is 10.0. The Morgan fingerprint density at radius 1 is 1.09 bits per heavy atom. The van der Waals surface area contributed by atoms with Crippen molar-refractivity contribution < 1.29 is 9.47 Å². The fourth-order valence-electron chi connectivity index (χ4n) is 3.12. The molecule has 3 rings (SSSR count). The maximum Gasteiger partial charge on any atom is 0.124 e. The third kappa shape index (κ3) is 3.52. The topological polar surface area (TPSA) is 33.7 Å². The summed E-state index contributed by atoms with van der Waals surface area (Å²) in [6.45, 7) is 6.26. The number of benzene rings is 1. The third-order valence-corrected chi connectivity index (χ3v) is 5.33. The van der Waals surface area contributed by atoms with Crippen LogP contribution in [0.25, 0.3) is 0 Å². The van der Waals surface area contributed by atoms with Crippen LogP contribution < -0.4 is 14.8 Å². The van der Waals surface area contributed by atoms with E-state index in [1.807, 2.05) is 23.5 Å². The maximum absolute atomic E-state index is 5.65. The summed E-state index contributed by atoms with van der Waals surface area (Å²) in [5.74, 6) is 1.79. The molecule has 1 aliphatic rings. The van der Waals surface area contributed by atoms with Crippen LogP contribution in [0.1, 0.15) is 21.4 Å². The molecule has 23 heavy (non-hydrogen) atoms. The number of nitrogens with one attached hydrogen (secondary N) is 1. The highest BCUT2D eigenvalue weighted by atomic mass is 32.1. The first-order valence-corrected chi connectivity index (χ1v) is 8.77. The molecule has 0 spiro atoms. The number of thiophene rings is 1. The van der Waals surface area contributed by atoms with E-state index in [1.54, 1.807) is 14.2 Å². The van der Waals surface area contributed by atoms with Crippen molar-refractivity contribution in [2.45, 2.75) is 13.0 Å². The predicted octanol–water partition coefficient (Wildman–Crippen LogP) is 3.07. The van der Waals surface area contributed by atoms with E-state index >= 15 is 0 Å². The van der Waals surface area contributed by atoms with Crippen LogP contribution in [0.15, 0.2) is 30.3 Å². The maximum atomic E-state index is 5.65. The molecule has 0 amide bonds. The summed E-state index contributed by atoms with van der Waals surface area (Å²) in [6, 6.07) is 10.7. The van der Waals surface area contributed by atoms with Gasteiger partial charge in [0.05, 0.1) is 20.3 Å². The van der Waals surface area contributed by atoms with Gasteiger partial charge in [0.2, 0.25) is 0 Å². The molecule has 1 saturated heterocycles. The molecule has 1 unspecified atom stereocenters. The Balaban J connectivity index is 2.07. The Hall–Kier alpha value is -1.56. The summed E-state index contributed by atoms with van der Waals surface area (Å²) in [5.41, 5.74) is 1.18. The summed E-state index contributed by atoms with van der Waals surface area (Å²) in [4.78, 5) is 5.22. The number of aryl methyl sites for hydroxylation is 1. The van der Waals surface area contributed by atoms with Crippen molar-refractivity contribution in [2.24, 2.45) is 0 Å². The van der Waals surface area contributed by atoms with E-state index in [0.717, 1.165) is 37.7 Å². The van der Waals surface area contributed by atoms with Crippen molar-refractivity contribution in [1.29, 1.82) is 0 Å². The molecule has 1 aromatic heterocycles. The Labute approximate surface area is 142 Å². The van der Waals surface area contributed by atoms with Crippen molar-refractivity contribution >= 4 is 11.3 Å². The Morgan fingerprint density at radius 3 is 2.48 bits per heavy atom. The van der Waals surface area contributed by atoms with Gasteiger partial charge in [-0.05, 0) is 37.3 Å². The van der Waals surface area contributed by atoms with Crippen LogP contribution in [-0.4, -0.2) is 45.3 Å². The zero-order valence-electron chi connectivity index (χ0n) is 14.0. The van der Waals surface area contributed by atoms with E-state index in [-0.39, 0.29) is 6.04 Å². The van der Waals surface area contributed by atoms with Gasteiger partial charge in [0, 0.05) is 41.5 Å². The summed E-state index contributed by atoms with van der Waals surface area (Å²) in [5, 5.41) is 3.43. The number of ether oxygens (including phenoxy) is 2. The van der Waals surface area contributed by atoms with Crippen LogP contribution in [0.3, 0.4) is 0 Å². The van der Waals surface area contributed by atoms with Crippen molar-refractivity contribution in [3.63, 3.8) is 0 Å². The van der Waals surface area contributed by atoms with E-state index in [0.29, 0.717) is 0 Å². The first-order chi connectivity index (χ1) is 11.2. The summed E-state index contributed by atoms with van der Waals surface area (Å²) in [6.07, 6.45) is 0. The number of hydrogen-bond donors (Lipinski definition) is 1. The van der Waals surface area contributed by atoms with Crippen LogP contribution in [0.4, 0.5) is 0 Å². The van der Waals surface area contributed by atoms with Crippen LogP contribution >= 0.6 is 11.3 Å². The van der Waals surface area contributed by atoms with E-state index < -0.39 is 0 Å². The Morgan fingerprint density at radius 2 is 1.87 bits per heavy atom. The molecular weight excluding hydrogens is 308 g/mol. The van der Waals surface area contributed by atoms with E-state index in [4.69, 9.17) is 9.47 Å². The summed E-state index contributed by atoms with van der Waals surface area (Å²) in [7, 11) is 3.44. The number of piperazine rings is 1. The number of methoxy groups -OCH3 is 2. The van der Waals surface area contributed by atoms with E-state index in [9.17, 15) is 0 Å². The molecular formula is C18H24N2O2S. The Kier molecular flexibility index (Phi) is 5.20. The zero-order valence-corrected chi connectivity index (χ0v) is 14.8. The molecule has 1 aliphatic heterocycles. The highest BCUT2D eigenvalue weighted by Gasteiger charge is 2.28. The van der Waals surface area contributed by atoms with E-state index in [2.05, 4.69) is 35.3 Å². The second kappa shape index (κ2) is 7.34. The van der Waals surface area contributed by atoms with Crippen LogP contribution in [-0.2, 0) is 0 Å². The van der Waals surface area contributed by atoms with Gasteiger partial charge in [0.15, 0.2) is 0 Å². The average molecular weight is 332 g/mol. The number of nitrogens with zero attached hydrogens (tertiary/aromatic N) is 1. The first kappa shape index (κ1) is 16.3. The van der Waals surface area contributed by atoms with Crippen LogP contribution in [0.5, 0.6) is 11.5 Å². The molecule has 124 valence electrons. The molecule has 1 N–H and O–H groups in total. The van der Waals surface area contributed by atoms with Crippen molar-refractivity contribution in [1.82, 2.24) is 10.2 Å². The SMILES string of the molecule is COc1ccc(OC)c(C(c2ccc(C)s2)N2CCNCC2)c1. The largest absolute Gasteiger partial charge is 0.497 e. The second-order valence-electron chi connectivity index (χ2n) is 5.74. The molecule has 1 fully saturated rings. The van der Waals surface area contributed by atoms with Gasteiger partial charge in [-0.25, -0.2) is 0 Å². The predicted molar refractivity (Wildman–Crippen MR) is 94.9 cm³/mol. The van der Waals surface area contributed by atoms with E-state index in [1.165, 1.54) is 15.3 Å². The molecule has 4 nitrogen and oxygen atoms in total. The monoisotopic (exact) mass is 332 g/mol. The highest BCUT2D eigenvalue weighted by Crippen LogP contribution is 2.39. The normalized spacial score (nSPS) is 17.0. The smallest absolute Gasteiger partial charge is 0.124 e. The average Bonchev–Trinajstić information content (AvgIpc) is 3.02. The van der Waals surface area contributed by atoms with Gasteiger partial charge in [0.25, 0.3) is 0 Å². The van der Waals surface area contributed by atoms with Gasteiger partial charge in [0.1, 0.15) is 11.5 Å². The van der Waals surface area contributed by atoms with Gasteiger partial charge in [-0.3, -0.25) is 4.90 Å². The van der Waals surface area contributed by atoms with Gasteiger partial charge in [-0.15, -0.1) is 11.3 Å². The standard InChI is InChI=1S/C18H24N2O2S/c1-13-4-7-17(23-13)18(20-10-8-19-9-11-20)15-12-14(21-2)5-6-16(15)22-3/h4-7,12,18-19H,8-11H2,1-3H3. The molecule has 0 aliphatic carbocycles. The van der Waals surface area contributed by atoms with Crippen molar-refractivity contribution in [3.8, 4) is 11.5 Å². The van der Waals surface area contributed by atoms with Crippen LogP contribution in [0.2, 0.25) is 0 Å². The molecule has 2 aromatic rings. The van der Waals surface area contributed by atoms with Gasteiger partial charge in [-0.2, -0.15) is 0 Å². The molecule has 0 radical (unpaired) electrons. The first-order valence-electron chi connectivity index (χ1n) is 7.96. The van der Waals surface area contributed by atoms with Crippen LogP contribution in [0, 0.1) is 6.92 Å². The van der Waals surface area contributed by atoms with Gasteiger partial charge in [-0.1, -0.05) is 0 Å². The quantitative estimate of drug-likeness (QED) is 0.912. The summed E-state index contributed by atoms with van der Waals surface area (Å²) < 4.78 is 11.1. The molecule has 1 atom stereocenters. The molecule has 0 bridgehead atoms. The van der Waals surface area contributed by atoms with Crippen molar-refractivity contribution in [3.05, 3.63) is 45.6 Å². The van der Waals surface area contributed by atoms with Crippen molar-refractivity contribution in [2.75, 3.05) is 40.4 Å². The fraction of sp³-hybridized carbons (Fsp3) is 0.444. The lowest BCUT2D eigenvalue weighted by molar-refractivity contribution is 0.197.